The van der Waals surface area contributed by atoms with E-state index in [1.165, 1.54) is 12.1 Å². The Morgan fingerprint density at radius 3 is 2.55 bits per heavy atom. The predicted molar refractivity (Wildman–Crippen MR) is 83.8 cm³/mol. The van der Waals surface area contributed by atoms with E-state index in [0.29, 0.717) is 5.69 Å². The lowest BCUT2D eigenvalue weighted by Gasteiger charge is -2.08. The fourth-order valence-corrected chi connectivity index (χ4v) is 2.06. The van der Waals surface area contributed by atoms with Crippen molar-refractivity contribution in [2.45, 2.75) is 0 Å². The van der Waals surface area contributed by atoms with Crippen molar-refractivity contribution in [1.82, 2.24) is 9.97 Å². The summed E-state index contributed by atoms with van der Waals surface area (Å²) in [6.45, 7) is 0. The zero-order valence-electron chi connectivity index (χ0n) is 11.5. The summed E-state index contributed by atoms with van der Waals surface area (Å²) < 4.78 is 0. The minimum Gasteiger partial charge on any atom is -0.354 e. The summed E-state index contributed by atoms with van der Waals surface area (Å²) in [6, 6.07) is 12.1. The zero-order chi connectivity index (χ0) is 15.4. The fourth-order valence-electron chi connectivity index (χ4n) is 2.06. The number of aromatic nitrogens is 2. The van der Waals surface area contributed by atoms with Gasteiger partial charge in [-0.1, -0.05) is 12.1 Å². The van der Waals surface area contributed by atoms with Crippen LogP contribution in [-0.2, 0) is 0 Å². The fraction of sp³-hybridized carbons (Fsp3) is 0. The van der Waals surface area contributed by atoms with Crippen molar-refractivity contribution in [3.63, 3.8) is 0 Å². The van der Waals surface area contributed by atoms with Gasteiger partial charge in [0.2, 0.25) is 0 Å². The number of nitrogens with zero attached hydrogens (tertiary/aromatic N) is 3. The lowest BCUT2D eigenvalue weighted by Crippen LogP contribution is -1.94. The van der Waals surface area contributed by atoms with Gasteiger partial charge in [0, 0.05) is 47.5 Å². The summed E-state index contributed by atoms with van der Waals surface area (Å²) in [6.07, 6.45) is 6.88. The topological polar surface area (TPSA) is 81.0 Å². The number of benzene rings is 1. The van der Waals surface area contributed by atoms with Gasteiger partial charge in [0.25, 0.3) is 5.69 Å². The number of pyridine rings is 2. The van der Waals surface area contributed by atoms with Crippen LogP contribution in [0.2, 0.25) is 0 Å². The molecular formula is C16H12N4O2. The molecule has 1 aromatic carbocycles. The van der Waals surface area contributed by atoms with Crippen molar-refractivity contribution in [2.24, 2.45) is 0 Å². The maximum Gasteiger partial charge on any atom is 0.271 e. The third-order valence-corrected chi connectivity index (χ3v) is 3.08. The van der Waals surface area contributed by atoms with E-state index < -0.39 is 4.92 Å². The first-order valence-electron chi connectivity index (χ1n) is 6.59. The Morgan fingerprint density at radius 1 is 0.909 bits per heavy atom. The quantitative estimate of drug-likeness (QED) is 0.584. The highest BCUT2D eigenvalue weighted by molar-refractivity contribution is 5.69. The van der Waals surface area contributed by atoms with Gasteiger partial charge in [0.15, 0.2) is 0 Å². The molecule has 108 valence electrons. The average molecular weight is 292 g/mol. The molecule has 1 N–H and O–H groups in total. The van der Waals surface area contributed by atoms with Gasteiger partial charge >= 0.3 is 0 Å². The largest absolute Gasteiger partial charge is 0.354 e. The molecule has 22 heavy (non-hydrogen) atoms. The summed E-state index contributed by atoms with van der Waals surface area (Å²) >= 11 is 0. The maximum absolute atomic E-state index is 10.8. The van der Waals surface area contributed by atoms with E-state index in [1.54, 1.807) is 36.9 Å². The van der Waals surface area contributed by atoms with Crippen LogP contribution in [0.1, 0.15) is 0 Å². The number of anilines is 2. The first-order valence-corrected chi connectivity index (χ1v) is 6.59. The highest BCUT2D eigenvalue weighted by Gasteiger charge is 2.06. The molecule has 0 saturated heterocycles. The molecule has 0 saturated carbocycles. The normalized spacial score (nSPS) is 10.2. The first-order chi connectivity index (χ1) is 10.7. The van der Waals surface area contributed by atoms with Gasteiger partial charge in [0.05, 0.1) is 16.8 Å². The molecule has 0 aliphatic rings. The summed E-state index contributed by atoms with van der Waals surface area (Å²) in [5.41, 5.74) is 3.31. The lowest BCUT2D eigenvalue weighted by atomic mass is 10.1. The second kappa shape index (κ2) is 6.01. The van der Waals surface area contributed by atoms with Gasteiger partial charge in [-0.05, 0) is 18.2 Å². The Hall–Kier alpha value is -3.28. The number of hydrogen-bond acceptors (Lipinski definition) is 5. The van der Waals surface area contributed by atoms with Crippen LogP contribution in [0.5, 0.6) is 0 Å². The summed E-state index contributed by atoms with van der Waals surface area (Å²) in [7, 11) is 0. The van der Waals surface area contributed by atoms with Crippen molar-refractivity contribution < 1.29 is 4.92 Å². The number of rotatable bonds is 4. The van der Waals surface area contributed by atoms with E-state index in [9.17, 15) is 10.1 Å². The molecule has 0 aliphatic carbocycles. The highest BCUT2D eigenvalue weighted by atomic mass is 16.6. The highest BCUT2D eigenvalue weighted by Crippen LogP contribution is 2.24. The van der Waals surface area contributed by atoms with Crippen LogP contribution in [-0.4, -0.2) is 14.9 Å². The van der Waals surface area contributed by atoms with Crippen molar-refractivity contribution in [1.29, 1.82) is 0 Å². The lowest BCUT2D eigenvalue weighted by molar-refractivity contribution is -0.384. The molecule has 2 heterocycles. The van der Waals surface area contributed by atoms with Crippen molar-refractivity contribution in [3.05, 3.63) is 77.4 Å². The Labute approximate surface area is 126 Å². The molecule has 0 atom stereocenters. The van der Waals surface area contributed by atoms with Gasteiger partial charge < -0.3 is 5.32 Å². The smallest absolute Gasteiger partial charge is 0.271 e. The third kappa shape index (κ3) is 3.06. The molecule has 0 radical (unpaired) electrons. The molecule has 6 heteroatoms. The van der Waals surface area contributed by atoms with Gasteiger partial charge in [-0.25, -0.2) is 0 Å². The van der Waals surface area contributed by atoms with Crippen molar-refractivity contribution in [2.75, 3.05) is 5.32 Å². The standard InChI is InChI=1S/C16H12N4O2/c21-20(22)16-5-1-4-14(8-16)19-15-7-13(10-18-11-15)12-3-2-6-17-9-12/h1-11,19H. The zero-order valence-corrected chi connectivity index (χ0v) is 11.5. The molecule has 0 fully saturated rings. The molecule has 6 nitrogen and oxygen atoms in total. The molecule has 3 rings (SSSR count). The third-order valence-electron chi connectivity index (χ3n) is 3.08. The van der Waals surface area contributed by atoms with E-state index >= 15 is 0 Å². The van der Waals surface area contributed by atoms with Gasteiger partial charge in [-0.2, -0.15) is 0 Å². The number of non-ortho nitro benzene ring substituents is 1. The van der Waals surface area contributed by atoms with Crippen LogP contribution in [0.4, 0.5) is 17.1 Å². The Morgan fingerprint density at radius 2 is 1.77 bits per heavy atom. The van der Waals surface area contributed by atoms with Crippen molar-refractivity contribution >= 4 is 17.1 Å². The monoisotopic (exact) mass is 292 g/mol. The number of nitro benzene ring substituents is 1. The van der Waals surface area contributed by atoms with Crippen LogP contribution in [0.15, 0.2) is 67.3 Å². The number of hydrogen-bond donors (Lipinski definition) is 1. The molecular weight excluding hydrogens is 280 g/mol. The van der Waals surface area contributed by atoms with E-state index in [4.69, 9.17) is 0 Å². The van der Waals surface area contributed by atoms with Gasteiger partial charge in [0.1, 0.15) is 0 Å². The van der Waals surface area contributed by atoms with E-state index in [2.05, 4.69) is 15.3 Å². The van der Waals surface area contributed by atoms with Crippen LogP contribution in [0.3, 0.4) is 0 Å². The summed E-state index contributed by atoms with van der Waals surface area (Å²) in [4.78, 5) is 18.7. The molecule has 3 aromatic rings. The molecule has 0 unspecified atom stereocenters. The number of nitro groups is 1. The second-order valence-corrected chi connectivity index (χ2v) is 4.64. The first kappa shape index (κ1) is 13.7. The Balaban J connectivity index is 1.87. The number of nitrogens with one attached hydrogen (secondary N) is 1. The second-order valence-electron chi connectivity index (χ2n) is 4.64. The molecule has 2 aromatic heterocycles. The van der Waals surface area contributed by atoms with E-state index in [1.807, 2.05) is 18.2 Å². The minimum atomic E-state index is -0.421. The van der Waals surface area contributed by atoms with E-state index in [0.717, 1.165) is 16.8 Å². The SMILES string of the molecule is O=[N+]([O-])c1cccc(Nc2cncc(-c3cccnc3)c2)c1. The van der Waals surface area contributed by atoms with E-state index in [-0.39, 0.29) is 5.69 Å². The van der Waals surface area contributed by atoms with Gasteiger partial charge in [-0.15, -0.1) is 0 Å². The van der Waals surface area contributed by atoms with Gasteiger partial charge in [-0.3, -0.25) is 20.1 Å². The molecule has 0 amide bonds. The minimum absolute atomic E-state index is 0.0429. The average Bonchev–Trinajstić information content (AvgIpc) is 2.56. The van der Waals surface area contributed by atoms with Crippen LogP contribution < -0.4 is 5.32 Å². The molecule has 0 spiro atoms. The predicted octanol–water partition coefficient (Wildman–Crippen LogP) is 3.80. The Bertz CT molecular complexity index is 806. The molecule has 0 bridgehead atoms. The van der Waals surface area contributed by atoms with Crippen LogP contribution in [0, 0.1) is 10.1 Å². The van der Waals surface area contributed by atoms with Crippen LogP contribution in [0.25, 0.3) is 11.1 Å². The Kier molecular flexibility index (Phi) is 3.74. The molecule has 0 aliphatic heterocycles. The van der Waals surface area contributed by atoms with Crippen molar-refractivity contribution in [3.8, 4) is 11.1 Å². The summed E-state index contributed by atoms with van der Waals surface area (Å²) in [5.74, 6) is 0. The summed E-state index contributed by atoms with van der Waals surface area (Å²) in [5, 5.41) is 13.9. The maximum atomic E-state index is 10.8. The van der Waals surface area contributed by atoms with Crippen LogP contribution >= 0.6 is 0 Å².